The highest BCUT2D eigenvalue weighted by Crippen LogP contribution is 2.44. The minimum absolute atomic E-state index is 0.00151. The van der Waals surface area contributed by atoms with Crippen LogP contribution in [0.1, 0.15) is 54.6 Å². The molecule has 2 aromatic carbocycles. The van der Waals surface area contributed by atoms with Crippen LogP contribution < -0.4 is 9.47 Å². The van der Waals surface area contributed by atoms with Gasteiger partial charge in [-0.05, 0) is 43.5 Å². The number of likely N-dealkylation sites (tertiary alicyclic amines) is 1. The first-order valence-electron chi connectivity index (χ1n) is 12.5. The molecule has 1 amide bonds. The van der Waals surface area contributed by atoms with Crippen molar-refractivity contribution in [1.29, 1.82) is 0 Å². The van der Waals surface area contributed by atoms with Gasteiger partial charge in [-0.3, -0.25) is 4.79 Å². The summed E-state index contributed by atoms with van der Waals surface area (Å²) in [4.78, 5) is 15.2. The van der Waals surface area contributed by atoms with Gasteiger partial charge in [-0.15, -0.1) is 0 Å². The van der Waals surface area contributed by atoms with Gasteiger partial charge in [0.05, 0.1) is 31.5 Å². The largest absolute Gasteiger partial charge is 0.493 e. The molecule has 2 aliphatic heterocycles. The molecule has 2 aliphatic rings. The van der Waals surface area contributed by atoms with E-state index in [0.29, 0.717) is 50.0 Å². The molecule has 0 aromatic heterocycles. The minimum Gasteiger partial charge on any atom is -0.493 e. The van der Waals surface area contributed by atoms with Crippen LogP contribution in [0.4, 0.5) is 0 Å². The lowest BCUT2D eigenvalue weighted by molar-refractivity contribution is -0.190. The first kappa shape index (κ1) is 25.5. The van der Waals surface area contributed by atoms with E-state index in [1.807, 2.05) is 17.9 Å². The zero-order valence-electron chi connectivity index (χ0n) is 21.0. The van der Waals surface area contributed by atoms with Crippen LogP contribution in [0.2, 0.25) is 0 Å². The molecule has 7 heteroatoms. The molecule has 35 heavy (non-hydrogen) atoms. The van der Waals surface area contributed by atoms with Gasteiger partial charge in [0.1, 0.15) is 6.61 Å². The maximum atomic E-state index is 13.3. The van der Waals surface area contributed by atoms with Crippen LogP contribution in [0, 0.1) is 0 Å². The fraction of sp³-hybridized carbons (Fsp3) is 0.536. The maximum absolute atomic E-state index is 13.3. The molecular weight excluding hydrogens is 446 g/mol. The summed E-state index contributed by atoms with van der Waals surface area (Å²) in [6, 6.07) is 15.7. The first-order chi connectivity index (χ1) is 17.1. The van der Waals surface area contributed by atoms with Crippen molar-refractivity contribution in [2.45, 2.75) is 50.4 Å². The lowest BCUT2D eigenvalue weighted by Gasteiger charge is -2.48. The third kappa shape index (κ3) is 6.15. The fourth-order valence-electron chi connectivity index (χ4n) is 5.15. The fourth-order valence-corrected chi connectivity index (χ4v) is 5.15. The molecule has 1 spiro atoms. The molecule has 190 valence electrons. The molecule has 2 aromatic rings. The third-order valence-corrected chi connectivity index (χ3v) is 6.96. The zero-order chi connectivity index (χ0) is 24.7. The molecule has 2 heterocycles. The quantitative estimate of drug-likeness (QED) is 0.484. The Hall–Kier alpha value is -2.61. The lowest BCUT2D eigenvalue weighted by Crippen LogP contribution is -2.52. The summed E-state index contributed by atoms with van der Waals surface area (Å²) in [5.41, 5.74) is 1.51. The van der Waals surface area contributed by atoms with Crippen LogP contribution >= 0.6 is 0 Å². The van der Waals surface area contributed by atoms with E-state index in [1.54, 1.807) is 32.4 Å². The van der Waals surface area contributed by atoms with Crippen LogP contribution in [0.15, 0.2) is 48.5 Å². The van der Waals surface area contributed by atoms with Gasteiger partial charge in [-0.2, -0.15) is 0 Å². The Morgan fingerprint density at radius 3 is 2.51 bits per heavy atom. The number of piperidine rings is 1. The van der Waals surface area contributed by atoms with E-state index in [-0.39, 0.29) is 23.7 Å². The van der Waals surface area contributed by atoms with Crippen LogP contribution in [0.5, 0.6) is 11.5 Å². The second-order valence-corrected chi connectivity index (χ2v) is 9.22. The zero-order valence-corrected chi connectivity index (χ0v) is 21.0. The van der Waals surface area contributed by atoms with Crippen molar-refractivity contribution in [1.82, 2.24) is 4.90 Å². The molecular formula is C28H37NO6. The van der Waals surface area contributed by atoms with Gasteiger partial charge in [-0.1, -0.05) is 30.3 Å². The number of amides is 1. The number of carbonyl (C=O) groups excluding carboxylic acids is 1. The Morgan fingerprint density at radius 2 is 1.83 bits per heavy atom. The highest BCUT2D eigenvalue weighted by molar-refractivity contribution is 5.95. The van der Waals surface area contributed by atoms with E-state index in [0.717, 1.165) is 25.7 Å². The number of hydrogen-bond donors (Lipinski definition) is 0. The van der Waals surface area contributed by atoms with Gasteiger partial charge in [0.2, 0.25) is 0 Å². The number of benzene rings is 2. The van der Waals surface area contributed by atoms with Gasteiger partial charge < -0.3 is 28.6 Å². The number of methoxy groups -OCH3 is 2. The van der Waals surface area contributed by atoms with Crippen LogP contribution in [0.3, 0.4) is 0 Å². The standard InChI is InChI=1S/C28H37NO6/c1-4-33-23-19-25(21-8-6-5-7-9-21)35-28(20-23)12-14-29(15-13-28)27(30)22-10-11-24(26(18-22)32-3)34-17-16-31-2/h5-11,18,23,25H,4,12-17,19-20H2,1-3H3/t23-,25-/m0/s1. The van der Waals surface area contributed by atoms with Gasteiger partial charge in [0, 0.05) is 45.2 Å². The normalized spacial score (nSPS) is 21.6. The topological polar surface area (TPSA) is 66.5 Å². The Morgan fingerprint density at radius 1 is 1.06 bits per heavy atom. The summed E-state index contributed by atoms with van der Waals surface area (Å²) >= 11 is 0. The molecule has 0 radical (unpaired) electrons. The minimum atomic E-state index is -0.272. The summed E-state index contributed by atoms with van der Waals surface area (Å²) in [6.45, 7) is 4.93. The average molecular weight is 484 g/mol. The van der Waals surface area contributed by atoms with Crippen LogP contribution in [0.25, 0.3) is 0 Å². The predicted octanol–water partition coefficient (Wildman–Crippen LogP) is 4.65. The molecule has 4 rings (SSSR count). The molecule has 2 fully saturated rings. The molecule has 0 N–H and O–H groups in total. The van der Waals surface area contributed by atoms with Gasteiger partial charge in [0.15, 0.2) is 11.5 Å². The predicted molar refractivity (Wildman–Crippen MR) is 133 cm³/mol. The first-order valence-corrected chi connectivity index (χ1v) is 12.5. The summed E-state index contributed by atoms with van der Waals surface area (Å²) in [5, 5.41) is 0. The van der Waals surface area contributed by atoms with Gasteiger partial charge in [-0.25, -0.2) is 0 Å². The van der Waals surface area contributed by atoms with E-state index in [4.69, 9.17) is 23.7 Å². The van der Waals surface area contributed by atoms with Crippen molar-refractivity contribution in [3.8, 4) is 11.5 Å². The Balaban J connectivity index is 1.42. The molecule has 2 saturated heterocycles. The van der Waals surface area contributed by atoms with Crippen LogP contribution in [-0.2, 0) is 14.2 Å². The average Bonchev–Trinajstić information content (AvgIpc) is 2.89. The highest BCUT2D eigenvalue weighted by atomic mass is 16.5. The van der Waals surface area contributed by atoms with Crippen molar-refractivity contribution in [2.24, 2.45) is 0 Å². The maximum Gasteiger partial charge on any atom is 0.253 e. The van der Waals surface area contributed by atoms with Gasteiger partial charge >= 0.3 is 0 Å². The second kappa shape index (κ2) is 11.9. The summed E-state index contributed by atoms with van der Waals surface area (Å²) < 4.78 is 29.0. The Kier molecular flexibility index (Phi) is 8.65. The van der Waals surface area contributed by atoms with Crippen molar-refractivity contribution in [3.63, 3.8) is 0 Å². The number of hydrogen-bond acceptors (Lipinski definition) is 6. The SMILES string of the molecule is CCO[C@H]1C[C@@H](c2ccccc2)OC2(CCN(C(=O)c3ccc(OCCOC)c(OC)c3)CC2)C1. The monoisotopic (exact) mass is 483 g/mol. The number of nitrogens with zero attached hydrogens (tertiary/aromatic N) is 1. The molecule has 0 unspecified atom stereocenters. The second-order valence-electron chi connectivity index (χ2n) is 9.22. The molecule has 7 nitrogen and oxygen atoms in total. The smallest absolute Gasteiger partial charge is 0.253 e. The van der Waals surface area contributed by atoms with Crippen LogP contribution in [-0.4, -0.2) is 69.6 Å². The number of rotatable bonds is 9. The van der Waals surface area contributed by atoms with Gasteiger partial charge in [0.25, 0.3) is 5.91 Å². The van der Waals surface area contributed by atoms with E-state index in [9.17, 15) is 4.79 Å². The summed E-state index contributed by atoms with van der Waals surface area (Å²) in [7, 11) is 3.21. The molecule has 2 atom stereocenters. The van der Waals surface area contributed by atoms with Crippen molar-refractivity contribution in [3.05, 3.63) is 59.7 Å². The van der Waals surface area contributed by atoms with Crippen molar-refractivity contribution in [2.75, 3.05) is 47.1 Å². The molecule has 0 bridgehead atoms. The molecule has 0 saturated carbocycles. The third-order valence-electron chi connectivity index (χ3n) is 6.96. The summed E-state index contributed by atoms with van der Waals surface area (Å²) in [5.74, 6) is 1.14. The number of carbonyl (C=O) groups is 1. The van der Waals surface area contributed by atoms with Crippen molar-refractivity contribution >= 4 is 5.91 Å². The summed E-state index contributed by atoms with van der Waals surface area (Å²) in [6.07, 6.45) is 3.49. The highest BCUT2D eigenvalue weighted by Gasteiger charge is 2.45. The van der Waals surface area contributed by atoms with E-state index in [2.05, 4.69) is 24.3 Å². The van der Waals surface area contributed by atoms with E-state index >= 15 is 0 Å². The Bertz CT molecular complexity index is 957. The molecule has 0 aliphatic carbocycles. The lowest BCUT2D eigenvalue weighted by atomic mass is 9.80. The Labute approximate surface area is 208 Å². The number of ether oxygens (including phenoxy) is 5. The van der Waals surface area contributed by atoms with E-state index < -0.39 is 0 Å². The van der Waals surface area contributed by atoms with Crippen molar-refractivity contribution < 1.29 is 28.5 Å². The van der Waals surface area contributed by atoms with E-state index in [1.165, 1.54) is 5.56 Å².